The van der Waals surface area contributed by atoms with Crippen molar-refractivity contribution in [3.63, 3.8) is 0 Å². The van der Waals surface area contributed by atoms with Crippen LogP contribution in [0, 0.1) is 0 Å². The molecule has 1 atom stereocenters. The van der Waals surface area contributed by atoms with E-state index in [2.05, 4.69) is 34.4 Å². The molecule has 0 fully saturated rings. The van der Waals surface area contributed by atoms with Crippen LogP contribution in [0.15, 0.2) is 17.1 Å². The van der Waals surface area contributed by atoms with E-state index in [1.165, 1.54) is 19.3 Å². The number of guanidine groups is 1. The highest BCUT2D eigenvalue weighted by Gasteiger charge is 2.16. The molecule has 0 amide bonds. The van der Waals surface area contributed by atoms with Crippen molar-refractivity contribution in [2.75, 3.05) is 20.1 Å². The standard InChI is InChI=1S/C10H17N3/c1-13-8-7-11-10(13)12-9-5-3-2-4-6-9/h3,5,9H,2,4,6-8H2,1H3,(H,11,12). The maximum Gasteiger partial charge on any atom is 0.194 e. The molecule has 0 aromatic carbocycles. The molecular formula is C10H17N3. The normalized spacial score (nSPS) is 27.6. The summed E-state index contributed by atoms with van der Waals surface area (Å²) in [5.41, 5.74) is 0. The average molecular weight is 179 g/mol. The third-order valence-corrected chi connectivity index (χ3v) is 2.63. The largest absolute Gasteiger partial charge is 0.350 e. The second-order valence-corrected chi connectivity index (χ2v) is 3.74. The third-order valence-electron chi connectivity index (χ3n) is 2.63. The number of nitrogens with zero attached hydrogens (tertiary/aromatic N) is 2. The van der Waals surface area contributed by atoms with Crippen molar-refractivity contribution in [1.82, 2.24) is 10.2 Å². The Morgan fingerprint density at radius 2 is 2.54 bits per heavy atom. The van der Waals surface area contributed by atoms with Crippen LogP contribution < -0.4 is 5.32 Å². The third kappa shape index (κ3) is 2.02. The van der Waals surface area contributed by atoms with Crippen LogP contribution in [0.1, 0.15) is 19.3 Å². The van der Waals surface area contributed by atoms with Crippen LogP contribution in [0.4, 0.5) is 0 Å². The van der Waals surface area contributed by atoms with Crippen molar-refractivity contribution in [3.8, 4) is 0 Å². The van der Waals surface area contributed by atoms with Crippen LogP contribution in [0.3, 0.4) is 0 Å². The summed E-state index contributed by atoms with van der Waals surface area (Å²) in [4.78, 5) is 6.59. The van der Waals surface area contributed by atoms with E-state index < -0.39 is 0 Å². The molecule has 1 heterocycles. The van der Waals surface area contributed by atoms with Gasteiger partial charge in [-0.2, -0.15) is 0 Å². The molecular weight excluding hydrogens is 162 g/mol. The molecule has 1 aliphatic heterocycles. The minimum atomic E-state index is 0.507. The Kier molecular flexibility index (Phi) is 2.52. The smallest absolute Gasteiger partial charge is 0.194 e. The van der Waals surface area contributed by atoms with Gasteiger partial charge in [0.15, 0.2) is 5.96 Å². The molecule has 1 aliphatic carbocycles. The maximum absolute atomic E-state index is 4.41. The van der Waals surface area contributed by atoms with Gasteiger partial charge in [-0.15, -0.1) is 0 Å². The molecule has 3 heteroatoms. The number of rotatable bonds is 1. The van der Waals surface area contributed by atoms with Gasteiger partial charge in [0.1, 0.15) is 0 Å². The molecule has 1 N–H and O–H groups in total. The van der Waals surface area contributed by atoms with Gasteiger partial charge < -0.3 is 10.2 Å². The van der Waals surface area contributed by atoms with E-state index in [1.807, 2.05) is 0 Å². The monoisotopic (exact) mass is 179 g/mol. The molecule has 2 aliphatic rings. The first-order valence-corrected chi connectivity index (χ1v) is 5.05. The van der Waals surface area contributed by atoms with Gasteiger partial charge in [0.05, 0.1) is 6.54 Å². The van der Waals surface area contributed by atoms with E-state index >= 15 is 0 Å². The molecule has 72 valence electrons. The van der Waals surface area contributed by atoms with Crippen LogP contribution in [-0.4, -0.2) is 37.0 Å². The van der Waals surface area contributed by atoms with E-state index in [1.54, 1.807) is 0 Å². The summed E-state index contributed by atoms with van der Waals surface area (Å²) in [7, 11) is 2.09. The lowest BCUT2D eigenvalue weighted by molar-refractivity contribution is 0.509. The van der Waals surface area contributed by atoms with E-state index in [0.29, 0.717) is 6.04 Å². The maximum atomic E-state index is 4.41. The molecule has 0 aromatic rings. The first-order valence-electron chi connectivity index (χ1n) is 5.05. The molecule has 0 aromatic heterocycles. The fraction of sp³-hybridized carbons (Fsp3) is 0.700. The van der Waals surface area contributed by atoms with Crippen LogP contribution in [0.2, 0.25) is 0 Å². The highest BCUT2D eigenvalue weighted by Crippen LogP contribution is 2.10. The minimum absolute atomic E-state index is 0.507. The number of aliphatic imine (C=N–C) groups is 1. The summed E-state index contributed by atoms with van der Waals surface area (Å²) in [6.07, 6.45) is 8.30. The molecule has 0 saturated heterocycles. The lowest BCUT2D eigenvalue weighted by Gasteiger charge is -2.22. The number of allylic oxidation sites excluding steroid dienone is 1. The minimum Gasteiger partial charge on any atom is -0.350 e. The van der Waals surface area contributed by atoms with Gasteiger partial charge in [-0.3, -0.25) is 4.99 Å². The molecule has 0 saturated carbocycles. The Bertz CT molecular complexity index is 232. The predicted octanol–water partition coefficient (Wildman–Crippen LogP) is 0.986. The summed E-state index contributed by atoms with van der Waals surface area (Å²) >= 11 is 0. The highest BCUT2D eigenvalue weighted by atomic mass is 15.3. The van der Waals surface area contributed by atoms with Crippen LogP contribution in [-0.2, 0) is 0 Å². The summed E-state index contributed by atoms with van der Waals surface area (Å²) in [5.74, 6) is 1.07. The number of likely N-dealkylation sites (N-methyl/N-ethyl adjacent to an activating group) is 1. The fourth-order valence-electron chi connectivity index (χ4n) is 1.79. The first-order chi connectivity index (χ1) is 6.36. The fourth-order valence-corrected chi connectivity index (χ4v) is 1.79. The summed E-state index contributed by atoms with van der Waals surface area (Å²) in [6.45, 7) is 1.99. The van der Waals surface area contributed by atoms with Gasteiger partial charge in [0.25, 0.3) is 0 Å². The highest BCUT2D eigenvalue weighted by molar-refractivity contribution is 5.81. The molecule has 0 bridgehead atoms. The Morgan fingerprint density at radius 3 is 3.15 bits per heavy atom. The molecule has 2 rings (SSSR count). The van der Waals surface area contributed by atoms with Crippen molar-refractivity contribution in [1.29, 1.82) is 0 Å². The quantitative estimate of drug-likeness (QED) is 0.608. The van der Waals surface area contributed by atoms with Crippen LogP contribution >= 0.6 is 0 Å². The number of hydrogen-bond donors (Lipinski definition) is 1. The SMILES string of the molecule is CN1CCN=C1NC1C=CCCC1. The average Bonchev–Trinajstić information content (AvgIpc) is 2.54. The number of nitrogens with one attached hydrogen (secondary N) is 1. The van der Waals surface area contributed by atoms with Crippen LogP contribution in [0.5, 0.6) is 0 Å². The zero-order valence-corrected chi connectivity index (χ0v) is 8.16. The molecule has 0 spiro atoms. The molecule has 3 nitrogen and oxygen atoms in total. The Hall–Kier alpha value is -0.990. The van der Waals surface area contributed by atoms with Crippen molar-refractivity contribution in [2.24, 2.45) is 4.99 Å². The lowest BCUT2D eigenvalue weighted by Crippen LogP contribution is -2.41. The summed E-state index contributed by atoms with van der Waals surface area (Å²) in [5, 5.41) is 3.46. The van der Waals surface area contributed by atoms with Crippen LogP contribution in [0.25, 0.3) is 0 Å². The van der Waals surface area contributed by atoms with Crippen molar-refractivity contribution < 1.29 is 0 Å². The first kappa shape index (κ1) is 8.60. The Labute approximate surface area is 79.5 Å². The van der Waals surface area contributed by atoms with Crippen molar-refractivity contribution in [2.45, 2.75) is 25.3 Å². The van der Waals surface area contributed by atoms with Gasteiger partial charge in [0, 0.05) is 19.6 Å². The zero-order valence-electron chi connectivity index (χ0n) is 8.16. The van der Waals surface area contributed by atoms with E-state index in [9.17, 15) is 0 Å². The number of hydrogen-bond acceptors (Lipinski definition) is 3. The van der Waals surface area contributed by atoms with Gasteiger partial charge in [-0.25, -0.2) is 0 Å². The summed E-state index contributed by atoms with van der Waals surface area (Å²) in [6, 6.07) is 0.507. The van der Waals surface area contributed by atoms with Gasteiger partial charge in [-0.05, 0) is 19.3 Å². The summed E-state index contributed by atoms with van der Waals surface area (Å²) < 4.78 is 0. The second kappa shape index (κ2) is 3.81. The van der Waals surface area contributed by atoms with Gasteiger partial charge in [-0.1, -0.05) is 12.2 Å². The Morgan fingerprint density at radius 1 is 1.62 bits per heavy atom. The molecule has 1 unspecified atom stereocenters. The molecule has 0 radical (unpaired) electrons. The second-order valence-electron chi connectivity index (χ2n) is 3.74. The van der Waals surface area contributed by atoms with Gasteiger partial charge in [0.2, 0.25) is 0 Å². The van der Waals surface area contributed by atoms with E-state index in [0.717, 1.165) is 19.0 Å². The van der Waals surface area contributed by atoms with Crippen molar-refractivity contribution >= 4 is 5.96 Å². The van der Waals surface area contributed by atoms with Crippen molar-refractivity contribution in [3.05, 3.63) is 12.2 Å². The van der Waals surface area contributed by atoms with E-state index in [4.69, 9.17) is 0 Å². The van der Waals surface area contributed by atoms with E-state index in [-0.39, 0.29) is 0 Å². The lowest BCUT2D eigenvalue weighted by atomic mass is 10.0. The zero-order chi connectivity index (χ0) is 9.10. The topological polar surface area (TPSA) is 27.6 Å². The Balaban J connectivity index is 1.89. The van der Waals surface area contributed by atoms with Gasteiger partial charge >= 0.3 is 0 Å². The molecule has 13 heavy (non-hydrogen) atoms. The predicted molar refractivity (Wildman–Crippen MR) is 54.8 cm³/mol.